The molecule has 0 aromatic heterocycles. The number of aliphatic carboxylic acids is 1. The molecule has 2 aliphatic rings. The zero-order chi connectivity index (χ0) is 21.1. The molecular weight excluding hydrogens is 380 g/mol. The lowest BCUT2D eigenvalue weighted by Gasteiger charge is -2.42. The monoisotopic (exact) mass is 406 g/mol. The number of hydrogen-bond acceptors (Lipinski definition) is 10. The molecule has 12 heteroatoms. The Morgan fingerprint density at radius 1 is 1.36 bits per heavy atom. The molecule has 0 saturated carbocycles. The second-order valence-electron chi connectivity index (χ2n) is 6.85. The van der Waals surface area contributed by atoms with Crippen molar-refractivity contribution in [1.29, 1.82) is 0 Å². The lowest BCUT2D eigenvalue weighted by Crippen LogP contribution is -2.65. The van der Waals surface area contributed by atoms with Gasteiger partial charge in [0.25, 0.3) is 5.91 Å². The standard InChI is InChI=1S/C16H26N2O10/c1-7-2-3-27-14(7)18-13(23)9(19)4-8(15(24)25)17-6-16(26)12(22)11(21)10(20)5-28-16/h2,8-12,14,17,19-22,26H,3-6H2,1H3,(H,18,23)(H,24,25). The summed E-state index contributed by atoms with van der Waals surface area (Å²) in [4.78, 5) is 23.5. The summed E-state index contributed by atoms with van der Waals surface area (Å²) in [5.41, 5.74) is 0.750. The molecule has 7 unspecified atom stereocenters. The van der Waals surface area contributed by atoms with Crippen LogP contribution in [0.1, 0.15) is 13.3 Å². The molecule has 1 amide bonds. The summed E-state index contributed by atoms with van der Waals surface area (Å²) in [6.07, 6.45) is -6.19. The molecule has 28 heavy (non-hydrogen) atoms. The minimum Gasteiger partial charge on any atom is -0.480 e. The van der Waals surface area contributed by atoms with Gasteiger partial charge in [0.2, 0.25) is 5.79 Å². The number of rotatable bonds is 8. The topological polar surface area (TPSA) is 198 Å². The fourth-order valence-corrected chi connectivity index (χ4v) is 2.81. The molecule has 7 atom stereocenters. The molecule has 8 N–H and O–H groups in total. The SMILES string of the molecule is CC1=CCOC1NC(=O)C(O)CC(NCC1(O)OCC(O)C(O)C1O)C(=O)O. The van der Waals surface area contributed by atoms with Gasteiger partial charge in [0, 0.05) is 6.42 Å². The van der Waals surface area contributed by atoms with Crippen molar-refractivity contribution >= 4 is 11.9 Å². The largest absolute Gasteiger partial charge is 0.480 e. The molecule has 160 valence electrons. The fraction of sp³-hybridized carbons (Fsp3) is 0.750. The summed E-state index contributed by atoms with van der Waals surface area (Å²) < 4.78 is 10.1. The van der Waals surface area contributed by atoms with E-state index in [1.807, 2.05) is 0 Å². The number of carbonyl (C=O) groups excluding carboxylic acids is 1. The van der Waals surface area contributed by atoms with Gasteiger partial charge in [0.05, 0.1) is 19.8 Å². The molecule has 0 aromatic rings. The summed E-state index contributed by atoms with van der Waals surface area (Å²) in [6, 6.07) is -1.48. The molecule has 2 heterocycles. The first-order valence-corrected chi connectivity index (χ1v) is 8.68. The Bertz CT molecular complexity index is 614. The van der Waals surface area contributed by atoms with E-state index in [9.17, 15) is 40.2 Å². The molecule has 0 aliphatic carbocycles. The zero-order valence-electron chi connectivity index (χ0n) is 15.2. The quantitative estimate of drug-likeness (QED) is 0.183. The van der Waals surface area contributed by atoms with E-state index in [1.165, 1.54) is 0 Å². The van der Waals surface area contributed by atoms with Gasteiger partial charge in [-0.3, -0.25) is 14.9 Å². The van der Waals surface area contributed by atoms with Crippen molar-refractivity contribution in [3.05, 3.63) is 11.6 Å². The number of hydrogen-bond donors (Lipinski definition) is 8. The van der Waals surface area contributed by atoms with Crippen LogP contribution in [0.25, 0.3) is 0 Å². The van der Waals surface area contributed by atoms with Crippen LogP contribution >= 0.6 is 0 Å². The zero-order valence-corrected chi connectivity index (χ0v) is 15.2. The first-order chi connectivity index (χ1) is 13.0. The summed E-state index contributed by atoms with van der Waals surface area (Å²) in [7, 11) is 0. The van der Waals surface area contributed by atoms with Gasteiger partial charge in [-0.1, -0.05) is 6.08 Å². The van der Waals surface area contributed by atoms with Crippen LogP contribution < -0.4 is 10.6 Å². The highest BCUT2D eigenvalue weighted by Crippen LogP contribution is 2.23. The van der Waals surface area contributed by atoms with Gasteiger partial charge in [0.1, 0.15) is 30.5 Å². The molecule has 2 rings (SSSR count). The van der Waals surface area contributed by atoms with Gasteiger partial charge >= 0.3 is 5.97 Å². The van der Waals surface area contributed by atoms with Crippen LogP contribution in [0.2, 0.25) is 0 Å². The molecule has 0 radical (unpaired) electrons. The number of carbonyl (C=O) groups is 2. The van der Waals surface area contributed by atoms with Gasteiger partial charge in [0.15, 0.2) is 6.23 Å². The predicted octanol–water partition coefficient (Wildman–Crippen LogP) is -4.00. The van der Waals surface area contributed by atoms with E-state index in [0.29, 0.717) is 6.61 Å². The summed E-state index contributed by atoms with van der Waals surface area (Å²) in [5, 5.41) is 63.3. The predicted molar refractivity (Wildman–Crippen MR) is 90.6 cm³/mol. The van der Waals surface area contributed by atoms with Crippen LogP contribution in [0, 0.1) is 0 Å². The normalized spacial score (nSPS) is 35.1. The average molecular weight is 406 g/mol. The minimum absolute atomic E-state index is 0.313. The molecule has 2 aliphatic heterocycles. The summed E-state index contributed by atoms with van der Waals surface area (Å²) >= 11 is 0. The van der Waals surface area contributed by atoms with Crippen LogP contribution in [0.15, 0.2) is 11.6 Å². The Hall–Kier alpha value is -1.64. The van der Waals surface area contributed by atoms with Gasteiger partial charge in [-0.05, 0) is 12.5 Å². The van der Waals surface area contributed by atoms with Gasteiger partial charge < -0.3 is 45.4 Å². The third-order valence-electron chi connectivity index (χ3n) is 4.70. The van der Waals surface area contributed by atoms with Crippen molar-refractivity contribution in [2.75, 3.05) is 19.8 Å². The van der Waals surface area contributed by atoms with Gasteiger partial charge in [-0.25, -0.2) is 0 Å². The first-order valence-electron chi connectivity index (χ1n) is 8.68. The van der Waals surface area contributed by atoms with E-state index in [2.05, 4.69) is 10.6 Å². The number of aliphatic hydroxyl groups is 5. The van der Waals surface area contributed by atoms with Gasteiger partial charge in [-0.2, -0.15) is 0 Å². The number of nitrogens with one attached hydrogen (secondary N) is 2. The number of carboxylic acid groups (broad SMARTS) is 1. The minimum atomic E-state index is -2.36. The second-order valence-corrected chi connectivity index (χ2v) is 6.85. The molecule has 0 aromatic carbocycles. The van der Waals surface area contributed by atoms with E-state index >= 15 is 0 Å². The lowest BCUT2D eigenvalue weighted by molar-refractivity contribution is -0.318. The van der Waals surface area contributed by atoms with Crippen LogP contribution in [-0.2, 0) is 19.1 Å². The Morgan fingerprint density at radius 2 is 2.04 bits per heavy atom. The van der Waals surface area contributed by atoms with E-state index in [1.54, 1.807) is 13.0 Å². The lowest BCUT2D eigenvalue weighted by atomic mass is 9.96. The highest BCUT2D eigenvalue weighted by molar-refractivity contribution is 5.82. The molecule has 12 nitrogen and oxygen atoms in total. The number of aliphatic hydroxyl groups excluding tert-OH is 4. The molecule has 0 spiro atoms. The van der Waals surface area contributed by atoms with Crippen LogP contribution in [-0.4, -0.2) is 105 Å². The molecule has 0 bridgehead atoms. The van der Waals surface area contributed by atoms with E-state index in [0.717, 1.165) is 5.57 Å². The summed E-state index contributed by atoms with van der Waals surface area (Å²) in [5.74, 6) is -4.62. The fourth-order valence-electron chi connectivity index (χ4n) is 2.81. The third-order valence-corrected chi connectivity index (χ3v) is 4.70. The first kappa shape index (κ1) is 22.6. The van der Waals surface area contributed by atoms with E-state index in [-0.39, 0.29) is 0 Å². The third kappa shape index (κ3) is 5.24. The second kappa shape index (κ2) is 9.24. The molecule has 1 saturated heterocycles. The Labute approximate surface area is 160 Å². The number of carboxylic acids is 1. The maximum atomic E-state index is 12.0. The van der Waals surface area contributed by atoms with Crippen LogP contribution in [0.3, 0.4) is 0 Å². The Kier molecular flexibility index (Phi) is 7.47. The van der Waals surface area contributed by atoms with Crippen LogP contribution in [0.4, 0.5) is 0 Å². The van der Waals surface area contributed by atoms with Crippen molar-refractivity contribution in [1.82, 2.24) is 10.6 Å². The van der Waals surface area contributed by atoms with Crippen LogP contribution in [0.5, 0.6) is 0 Å². The maximum Gasteiger partial charge on any atom is 0.320 e. The maximum absolute atomic E-state index is 12.0. The Morgan fingerprint density at radius 3 is 2.61 bits per heavy atom. The van der Waals surface area contributed by atoms with Crippen molar-refractivity contribution in [3.63, 3.8) is 0 Å². The van der Waals surface area contributed by atoms with Crippen molar-refractivity contribution in [3.8, 4) is 0 Å². The average Bonchev–Trinajstić information content (AvgIpc) is 3.04. The molecular formula is C16H26N2O10. The van der Waals surface area contributed by atoms with Gasteiger partial charge in [-0.15, -0.1) is 0 Å². The van der Waals surface area contributed by atoms with Crippen molar-refractivity contribution in [2.24, 2.45) is 0 Å². The summed E-state index contributed by atoms with van der Waals surface area (Å²) in [6.45, 7) is 0.922. The van der Waals surface area contributed by atoms with Crippen molar-refractivity contribution < 1.29 is 49.7 Å². The number of amides is 1. The number of ether oxygens (including phenoxy) is 2. The Balaban J connectivity index is 1.91. The smallest absolute Gasteiger partial charge is 0.320 e. The molecule has 1 fully saturated rings. The highest BCUT2D eigenvalue weighted by Gasteiger charge is 2.48. The van der Waals surface area contributed by atoms with E-state index < -0.39 is 73.9 Å². The highest BCUT2D eigenvalue weighted by atomic mass is 16.6. The van der Waals surface area contributed by atoms with Crippen molar-refractivity contribution in [2.45, 2.75) is 55.8 Å². The van der Waals surface area contributed by atoms with E-state index in [4.69, 9.17) is 9.47 Å².